The molecule has 3 rings (SSSR count). The number of fused-ring (bicyclic) bond motifs is 1. The highest BCUT2D eigenvalue weighted by atomic mass is 79.9. The number of para-hydroxylation sites is 1. The van der Waals surface area contributed by atoms with Crippen molar-refractivity contribution in [1.82, 2.24) is 4.90 Å². The normalized spacial score (nSPS) is 14.9. The van der Waals surface area contributed by atoms with Gasteiger partial charge in [-0.05, 0) is 18.2 Å². The molecule has 2 aromatic rings. The molecular formula is C17H16BrNO2. The van der Waals surface area contributed by atoms with E-state index in [-0.39, 0.29) is 5.78 Å². The first-order chi connectivity index (χ1) is 10.2. The molecule has 0 N–H and O–H groups in total. The lowest BCUT2D eigenvalue weighted by Gasteiger charge is -2.18. The van der Waals surface area contributed by atoms with Crippen molar-refractivity contribution in [3.8, 4) is 5.75 Å². The topological polar surface area (TPSA) is 29.5 Å². The molecule has 0 unspecified atom stereocenters. The SMILES string of the molecule is O=C(CN1CCOc2ccccc2C1)c1ccc(Br)cc1. The Kier molecular flexibility index (Phi) is 4.36. The standard InChI is InChI=1S/C17H16BrNO2/c18-15-7-5-13(6-8-15)16(20)12-19-9-10-21-17-4-2-1-3-14(17)11-19/h1-8H,9-12H2. The van der Waals surface area contributed by atoms with Gasteiger partial charge in [-0.15, -0.1) is 0 Å². The van der Waals surface area contributed by atoms with Gasteiger partial charge in [-0.1, -0.05) is 46.3 Å². The molecule has 0 bridgehead atoms. The van der Waals surface area contributed by atoms with Gasteiger partial charge in [-0.2, -0.15) is 0 Å². The van der Waals surface area contributed by atoms with Crippen LogP contribution in [0.1, 0.15) is 15.9 Å². The molecule has 21 heavy (non-hydrogen) atoms. The molecule has 1 aliphatic heterocycles. The molecule has 4 heteroatoms. The van der Waals surface area contributed by atoms with Gasteiger partial charge >= 0.3 is 0 Å². The number of ether oxygens (including phenoxy) is 1. The fraction of sp³-hybridized carbons (Fsp3) is 0.235. The summed E-state index contributed by atoms with van der Waals surface area (Å²) in [5, 5.41) is 0. The van der Waals surface area contributed by atoms with Crippen molar-refractivity contribution < 1.29 is 9.53 Å². The first-order valence-electron chi connectivity index (χ1n) is 6.94. The quantitative estimate of drug-likeness (QED) is 0.797. The van der Waals surface area contributed by atoms with Crippen LogP contribution in [-0.2, 0) is 6.54 Å². The Morgan fingerprint density at radius 1 is 1.14 bits per heavy atom. The van der Waals surface area contributed by atoms with Crippen molar-refractivity contribution >= 4 is 21.7 Å². The van der Waals surface area contributed by atoms with Crippen LogP contribution in [0.5, 0.6) is 5.75 Å². The highest BCUT2D eigenvalue weighted by molar-refractivity contribution is 9.10. The zero-order chi connectivity index (χ0) is 14.7. The van der Waals surface area contributed by atoms with Crippen LogP contribution in [0.25, 0.3) is 0 Å². The molecule has 0 aliphatic carbocycles. The van der Waals surface area contributed by atoms with Gasteiger partial charge in [0.1, 0.15) is 12.4 Å². The Bertz CT molecular complexity index is 639. The first-order valence-corrected chi connectivity index (χ1v) is 7.73. The molecule has 2 aromatic carbocycles. The average Bonchev–Trinajstić information content (AvgIpc) is 2.69. The summed E-state index contributed by atoms with van der Waals surface area (Å²) in [6.07, 6.45) is 0. The van der Waals surface area contributed by atoms with E-state index in [1.54, 1.807) is 0 Å². The predicted molar refractivity (Wildman–Crippen MR) is 85.7 cm³/mol. The number of hydrogen-bond donors (Lipinski definition) is 0. The van der Waals surface area contributed by atoms with E-state index in [4.69, 9.17) is 4.74 Å². The van der Waals surface area contributed by atoms with E-state index in [2.05, 4.69) is 26.9 Å². The second kappa shape index (κ2) is 6.41. The summed E-state index contributed by atoms with van der Waals surface area (Å²) in [5.74, 6) is 1.07. The minimum atomic E-state index is 0.141. The molecule has 0 saturated carbocycles. The Morgan fingerprint density at radius 2 is 1.90 bits per heavy atom. The van der Waals surface area contributed by atoms with Crippen molar-refractivity contribution in [3.63, 3.8) is 0 Å². The van der Waals surface area contributed by atoms with Crippen LogP contribution in [0.15, 0.2) is 53.0 Å². The summed E-state index contributed by atoms with van der Waals surface area (Å²) >= 11 is 3.38. The monoisotopic (exact) mass is 345 g/mol. The molecular weight excluding hydrogens is 330 g/mol. The lowest BCUT2D eigenvalue weighted by Crippen LogP contribution is -2.31. The van der Waals surface area contributed by atoms with E-state index < -0.39 is 0 Å². The maximum Gasteiger partial charge on any atom is 0.176 e. The lowest BCUT2D eigenvalue weighted by molar-refractivity contribution is 0.0921. The maximum absolute atomic E-state index is 12.4. The van der Waals surface area contributed by atoms with Gasteiger partial charge in [0.15, 0.2) is 5.78 Å². The molecule has 3 nitrogen and oxygen atoms in total. The summed E-state index contributed by atoms with van der Waals surface area (Å²) < 4.78 is 6.71. The zero-order valence-corrected chi connectivity index (χ0v) is 13.2. The van der Waals surface area contributed by atoms with E-state index in [0.29, 0.717) is 13.2 Å². The van der Waals surface area contributed by atoms with Crippen molar-refractivity contribution in [2.24, 2.45) is 0 Å². The van der Waals surface area contributed by atoms with Gasteiger partial charge in [0.2, 0.25) is 0 Å². The Morgan fingerprint density at radius 3 is 2.71 bits per heavy atom. The Balaban J connectivity index is 1.70. The summed E-state index contributed by atoms with van der Waals surface area (Å²) in [4.78, 5) is 14.5. The number of benzene rings is 2. The highest BCUT2D eigenvalue weighted by Crippen LogP contribution is 2.22. The van der Waals surface area contributed by atoms with E-state index in [1.807, 2.05) is 42.5 Å². The molecule has 0 spiro atoms. The largest absolute Gasteiger partial charge is 0.492 e. The molecule has 1 heterocycles. The molecule has 0 aromatic heterocycles. The third kappa shape index (κ3) is 3.52. The fourth-order valence-corrected chi connectivity index (χ4v) is 2.71. The number of carbonyl (C=O) groups excluding carboxylic acids is 1. The number of carbonyl (C=O) groups is 1. The zero-order valence-electron chi connectivity index (χ0n) is 11.6. The van der Waals surface area contributed by atoms with Crippen LogP contribution in [0.4, 0.5) is 0 Å². The number of ketones is 1. The van der Waals surface area contributed by atoms with Crippen LogP contribution >= 0.6 is 15.9 Å². The molecule has 108 valence electrons. The molecule has 0 amide bonds. The number of rotatable bonds is 3. The highest BCUT2D eigenvalue weighted by Gasteiger charge is 2.18. The van der Waals surface area contributed by atoms with Crippen molar-refractivity contribution in [1.29, 1.82) is 0 Å². The average molecular weight is 346 g/mol. The van der Waals surface area contributed by atoms with Gasteiger partial charge in [0.25, 0.3) is 0 Å². The minimum absolute atomic E-state index is 0.141. The van der Waals surface area contributed by atoms with Gasteiger partial charge in [-0.3, -0.25) is 9.69 Å². The van der Waals surface area contributed by atoms with Crippen LogP contribution in [-0.4, -0.2) is 30.4 Å². The fourth-order valence-electron chi connectivity index (χ4n) is 2.45. The third-order valence-corrected chi connectivity index (χ3v) is 4.09. The van der Waals surface area contributed by atoms with Crippen LogP contribution in [0.2, 0.25) is 0 Å². The predicted octanol–water partition coefficient (Wildman–Crippen LogP) is 3.53. The third-order valence-electron chi connectivity index (χ3n) is 3.57. The maximum atomic E-state index is 12.4. The van der Waals surface area contributed by atoms with Crippen LogP contribution in [0.3, 0.4) is 0 Å². The molecule has 0 radical (unpaired) electrons. The minimum Gasteiger partial charge on any atom is -0.492 e. The van der Waals surface area contributed by atoms with E-state index in [0.717, 1.165) is 34.4 Å². The van der Waals surface area contributed by atoms with Gasteiger partial charge in [0, 0.05) is 28.7 Å². The number of halogens is 1. The van der Waals surface area contributed by atoms with Gasteiger partial charge in [0.05, 0.1) is 6.54 Å². The number of nitrogens with zero attached hydrogens (tertiary/aromatic N) is 1. The number of Topliss-reactive ketones (excluding diaryl/α,β-unsaturated/α-hetero) is 1. The van der Waals surface area contributed by atoms with Crippen molar-refractivity contribution in [3.05, 3.63) is 64.1 Å². The second-order valence-corrected chi connectivity index (χ2v) is 6.01. The number of hydrogen-bond acceptors (Lipinski definition) is 3. The summed E-state index contributed by atoms with van der Waals surface area (Å²) in [5.41, 5.74) is 1.88. The van der Waals surface area contributed by atoms with Crippen molar-refractivity contribution in [2.45, 2.75) is 6.54 Å². The molecule has 0 atom stereocenters. The summed E-state index contributed by atoms with van der Waals surface area (Å²) in [7, 11) is 0. The van der Waals surface area contributed by atoms with Crippen molar-refractivity contribution in [2.75, 3.05) is 19.7 Å². The molecule has 0 fully saturated rings. The molecule has 1 aliphatic rings. The lowest BCUT2D eigenvalue weighted by atomic mass is 10.1. The summed E-state index contributed by atoms with van der Waals surface area (Å²) in [6, 6.07) is 15.5. The first kappa shape index (κ1) is 14.3. The Labute approximate surface area is 132 Å². The van der Waals surface area contributed by atoms with Crippen LogP contribution in [0, 0.1) is 0 Å². The van der Waals surface area contributed by atoms with E-state index in [1.165, 1.54) is 0 Å². The van der Waals surface area contributed by atoms with Gasteiger partial charge in [-0.25, -0.2) is 0 Å². The molecule has 0 saturated heterocycles. The Hall–Kier alpha value is -1.65. The van der Waals surface area contributed by atoms with Crippen LogP contribution < -0.4 is 4.74 Å². The van der Waals surface area contributed by atoms with E-state index >= 15 is 0 Å². The van der Waals surface area contributed by atoms with Gasteiger partial charge < -0.3 is 4.74 Å². The second-order valence-electron chi connectivity index (χ2n) is 5.10. The van der Waals surface area contributed by atoms with E-state index in [9.17, 15) is 4.79 Å². The smallest absolute Gasteiger partial charge is 0.176 e. The summed E-state index contributed by atoms with van der Waals surface area (Å²) in [6.45, 7) is 2.54.